The Labute approximate surface area is 147 Å². The van der Waals surface area contributed by atoms with Crippen molar-refractivity contribution in [2.24, 2.45) is 0 Å². The number of carbonyl (C=O) groups is 2. The fourth-order valence-electron chi connectivity index (χ4n) is 3.90. The van der Waals surface area contributed by atoms with Crippen molar-refractivity contribution >= 4 is 21.7 Å². The molecular weight excluding hydrogens is 350 g/mol. The van der Waals surface area contributed by atoms with Gasteiger partial charge >= 0.3 is 5.97 Å². The van der Waals surface area contributed by atoms with Gasteiger partial charge in [0.1, 0.15) is 0 Å². The molecule has 3 rings (SSSR count). The van der Waals surface area contributed by atoms with E-state index in [1.807, 2.05) is 9.80 Å². The number of sulfone groups is 1. The summed E-state index contributed by atoms with van der Waals surface area (Å²) in [6.07, 6.45) is -0.00399. The van der Waals surface area contributed by atoms with E-state index in [2.05, 4.69) is 0 Å². The summed E-state index contributed by atoms with van der Waals surface area (Å²) in [5.41, 5.74) is 0. The molecule has 25 heavy (non-hydrogen) atoms. The van der Waals surface area contributed by atoms with E-state index < -0.39 is 15.8 Å². The lowest BCUT2D eigenvalue weighted by Gasteiger charge is -2.44. The van der Waals surface area contributed by atoms with Crippen LogP contribution in [0.3, 0.4) is 0 Å². The van der Waals surface area contributed by atoms with E-state index in [0.717, 1.165) is 0 Å². The fraction of sp³-hybridized carbons (Fsp3) is 0.867. The van der Waals surface area contributed by atoms with Crippen molar-refractivity contribution in [3.05, 3.63) is 0 Å². The van der Waals surface area contributed by atoms with E-state index in [0.29, 0.717) is 45.9 Å². The number of amides is 1. The van der Waals surface area contributed by atoms with E-state index in [-0.39, 0.29) is 42.5 Å². The lowest BCUT2D eigenvalue weighted by molar-refractivity contribution is -0.138. The number of ether oxygens (including phenoxy) is 1. The molecule has 142 valence electrons. The van der Waals surface area contributed by atoms with Crippen LogP contribution in [0.1, 0.15) is 6.42 Å². The fourth-order valence-corrected chi connectivity index (χ4v) is 5.94. The van der Waals surface area contributed by atoms with E-state index in [9.17, 15) is 18.0 Å². The number of rotatable bonds is 5. The minimum atomic E-state index is -3.17. The van der Waals surface area contributed by atoms with Crippen LogP contribution in [0.5, 0.6) is 0 Å². The van der Waals surface area contributed by atoms with Gasteiger partial charge in [0.15, 0.2) is 9.84 Å². The monoisotopic (exact) mass is 375 g/mol. The molecule has 3 heterocycles. The number of carboxylic acid groups (broad SMARTS) is 1. The van der Waals surface area contributed by atoms with Crippen molar-refractivity contribution in [3.8, 4) is 0 Å². The van der Waals surface area contributed by atoms with E-state index in [4.69, 9.17) is 9.84 Å². The quantitative estimate of drug-likeness (QED) is 0.594. The molecule has 1 amide bonds. The maximum Gasteiger partial charge on any atom is 0.304 e. The van der Waals surface area contributed by atoms with Crippen LogP contribution in [0.25, 0.3) is 0 Å². The number of carbonyl (C=O) groups excluding carboxylic acids is 1. The van der Waals surface area contributed by atoms with Gasteiger partial charge < -0.3 is 14.7 Å². The molecule has 0 aromatic carbocycles. The van der Waals surface area contributed by atoms with E-state index >= 15 is 0 Å². The van der Waals surface area contributed by atoms with E-state index in [1.165, 1.54) is 0 Å². The summed E-state index contributed by atoms with van der Waals surface area (Å²) in [5, 5.41) is 8.89. The minimum absolute atomic E-state index is 0.00399. The predicted molar refractivity (Wildman–Crippen MR) is 89.0 cm³/mol. The zero-order valence-electron chi connectivity index (χ0n) is 14.2. The first-order chi connectivity index (χ1) is 11.9. The van der Waals surface area contributed by atoms with Gasteiger partial charge in [0.25, 0.3) is 0 Å². The van der Waals surface area contributed by atoms with Gasteiger partial charge in [-0.25, -0.2) is 8.42 Å². The molecule has 2 atom stereocenters. The van der Waals surface area contributed by atoms with Crippen LogP contribution < -0.4 is 0 Å². The second kappa shape index (κ2) is 7.56. The molecule has 0 saturated carbocycles. The van der Waals surface area contributed by atoms with Gasteiger partial charge in [-0.1, -0.05) is 0 Å². The van der Waals surface area contributed by atoms with Gasteiger partial charge in [-0.2, -0.15) is 0 Å². The van der Waals surface area contributed by atoms with Gasteiger partial charge in [-0.15, -0.1) is 0 Å². The molecule has 0 aliphatic carbocycles. The SMILES string of the molecule is O=C(O)CCN1CCN(CC(=O)N2CCOCC2)[C@H]2CS(=O)(=O)C[C@H]21. The molecule has 0 bridgehead atoms. The minimum Gasteiger partial charge on any atom is -0.481 e. The van der Waals surface area contributed by atoms with Crippen molar-refractivity contribution in [1.82, 2.24) is 14.7 Å². The third kappa shape index (κ3) is 4.49. The average molecular weight is 375 g/mol. The highest BCUT2D eigenvalue weighted by atomic mass is 32.2. The number of morpholine rings is 1. The standard InChI is InChI=1S/C15H25N3O6S/c19-14(17-5-7-24-8-6-17)9-18-4-3-16(2-1-15(20)21)12-10-25(22,23)11-13(12)18/h12-13H,1-11H2,(H,20,21)/t12-,13+/m1/s1. The Balaban J connectivity index is 1.65. The zero-order chi connectivity index (χ0) is 18.0. The second-order valence-corrected chi connectivity index (χ2v) is 9.01. The highest BCUT2D eigenvalue weighted by Gasteiger charge is 2.46. The van der Waals surface area contributed by atoms with Crippen molar-refractivity contribution in [2.75, 3.05) is 64.0 Å². The molecule has 3 saturated heterocycles. The van der Waals surface area contributed by atoms with Gasteiger partial charge in [0, 0.05) is 44.8 Å². The van der Waals surface area contributed by atoms with Crippen LogP contribution in [0, 0.1) is 0 Å². The zero-order valence-corrected chi connectivity index (χ0v) is 15.0. The summed E-state index contributed by atoms with van der Waals surface area (Å²) in [4.78, 5) is 29.0. The summed E-state index contributed by atoms with van der Waals surface area (Å²) in [6.45, 7) is 3.94. The molecule has 3 aliphatic rings. The molecule has 3 aliphatic heterocycles. The number of aliphatic carboxylic acids is 1. The average Bonchev–Trinajstić information content (AvgIpc) is 2.90. The molecular formula is C15H25N3O6S. The van der Waals surface area contributed by atoms with Crippen LogP contribution in [0.2, 0.25) is 0 Å². The third-order valence-corrected chi connectivity index (χ3v) is 6.92. The Hall–Kier alpha value is -1.23. The Kier molecular flexibility index (Phi) is 5.62. The van der Waals surface area contributed by atoms with Crippen LogP contribution >= 0.6 is 0 Å². The smallest absolute Gasteiger partial charge is 0.304 e. The summed E-state index contributed by atoms with van der Waals surface area (Å²) in [6, 6.07) is -0.465. The molecule has 0 unspecified atom stereocenters. The predicted octanol–water partition coefficient (Wildman–Crippen LogP) is -1.90. The summed E-state index contributed by atoms with van der Waals surface area (Å²) in [5.74, 6) is -0.801. The maximum absolute atomic E-state index is 12.5. The Morgan fingerprint density at radius 2 is 1.60 bits per heavy atom. The van der Waals surface area contributed by atoms with Crippen molar-refractivity contribution < 1.29 is 27.9 Å². The summed E-state index contributed by atoms with van der Waals surface area (Å²) in [7, 11) is -3.17. The van der Waals surface area contributed by atoms with Crippen molar-refractivity contribution in [2.45, 2.75) is 18.5 Å². The molecule has 9 nitrogen and oxygen atoms in total. The number of nitrogens with zero attached hydrogens (tertiary/aromatic N) is 3. The Morgan fingerprint density at radius 1 is 1.00 bits per heavy atom. The van der Waals surface area contributed by atoms with Crippen LogP contribution in [-0.4, -0.2) is 116 Å². The first-order valence-corrected chi connectivity index (χ1v) is 10.4. The summed E-state index contributed by atoms with van der Waals surface area (Å²) >= 11 is 0. The van der Waals surface area contributed by atoms with Gasteiger partial charge in [-0.05, 0) is 0 Å². The number of hydrogen-bond acceptors (Lipinski definition) is 7. The molecule has 0 aromatic heterocycles. The van der Waals surface area contributed by atoms with Gasteiger partial charge in [0.05, 0.1) is 37.7 Å². The normalized spacial score (nSPS) is 30.2. The third-order valence-electron chi connectivity index (χ3n) is 5.22. The molecule has 0 spiro atoms. The highest BCUT2D eigenvalue weighted by molar-refractivity contribution is 7.91. The Morgan fingerprint density at radius 3 is 2.24 bits per heavy atom. The first kappa shape index (κ1) is 18.6. The van der Waals surface area contributed by atoms with Gasteiger partial charge in [-0.3, -0.25) is 19.4 Å². The molecule has 0 aromatic rings. The van der Waals surface area contributed by atoms with Crippen molar-refractivity contribution in [1.29, 1.82) is 0 Å². The van der Waals surface area contributed by atoms with Crippen molar-refractivity contribution in [3.63, 3.8) is 0 Å². The number of fused-ring (bicyclic) bond motifs is 1. The molecule has 0 radical (unpaired) electrons. The first-order valence-electron chi connectivity index (χ1n) is 8.61. The lowest BCUT2D eigenvalue weighted by Crippen LogP contribution is -2.61. The second-order valence-electron chi connectivity index (χ2n) is 6.85. The Bertz CT molecular complexity index is 619. The molecule has 3 fully saturated rings. The van der Waals surface area contributed by atoms with E-state index in [1.54, 1.807) is 4.90 Å². The maximum atomic E-state index is 12.5. The highest BCUT2D eigenvalue weighted by Crippen LogP contribution is 2.27. The summed E-state index contributed by atoms with van der Waals surface area (Å²) < 4.78 is 29.5. The number of carboxylic acids is 1. The van der Waals surface area contributed by atoms with Gasteiger partial charge in [0.2, 0.25) is 5.91 Å². The molecule has 10 heteroatoms. The number of hydrogen-bond donors (Lipinski definition) is 1. The lowest BCUT2D eigenvalue weighted by atomic mass is 10.0. The largest absolute Gasteiger partial charge is 0.481 e. The molecule has 1 N–H and O–H groups in total. The number of piperazine rings is 1. The topological polar surface area (TPSA) is 107 Å². The van der Waals surface area contributed by atoms with Crippen LogP contribution in [0.4, 0.5) is 0 Å². The van der Waals surface area contributed by atoms with Crippen LogP contribution in [-0.2, 0) is 24.2 Å². The van der Waals surface area contributed by atoms with Crippen LogP contribution in [0.15, 0.2) is 0 Å².